The van der Waals surface area contributed by atoms with Crippen LogP contribution in [0.4, 0.5) is 0 Å². The summed E-state index contributed by atoms with van der Waals surface area (Å²) in [7, 11) is 2.03. The van der Waals surface area contributed by atoms with Crippen LogP contribution in [0.2, 0.25) is 0 Å². The molecule has 2 aromatic carbocycles. The number of hydrogen-bond acceptors (Lipinski definition) is 2. The van der Waals surface area contributed by atoms with Crippen LogP contribution in [0.5, 0.6) is 5.75 Å². The van der Waals surface area contributed by atoms with Gasteiger partial charge >= 0.3 is 0 Å². The molecule has 0 radical (unpaired) electrons. The summed E-state index contributed by atoms with van der Waals surface area (Å²) in [6.07, 6.45) is 2.33. The normalized spacial score (nSPS) is 18.4. The van der Waals surface area contributed by atoms with Gasteiger partial charge in [-0.05, 0) is 43.1 Å². The van der Waals surface area contributed by atoms with E-state index < -0.39 is 0 Å². The second-order valence-corrected chi connectivity index (χ2v) is 5.53. The topological polar surface area (TPSA) is 21.3 Å². The molecule has 0 fully saturated rings. The quantitative estimate of drug-likeness (QED) is 0.915. The average Bonchev–Trinajstić information content (AvgIpc) is 2.85. The van der Waals surface area contributed by atoms with Crippen LogP contribution in [0.15, 0.2) is 48.5 Å². The Balaban J connectivity index is 1.82. The van der Waals surface area contributed by atoms with Gasteiger partial charge in [-0.25, -0.2) is 0 Å². The Morgan fingerprint density at radius 1 is 1.20 bits per heavy atom. The van der Waals surface area contributed by atoms with E-state index in [2.05, 4.69) is 60.8 Å². The number of likely N-dealkylation sites (N-methyl/N-ethyl adjacent to an activating group) is 1. The lowest BCUT2D eigenvalue weighted by Crippen LogP contribution is -2.18. The van der Waals surface area contributed by atoms with Gasteiger partial charge in [0.05, 0.1) is 0 Å². The fourth-order valence-electron chi connectivity index (χ4n) is 2.90. The molecule has 0 aliphatic carbocycles. The molecule has 2 nitrogen and oxygen atoms in total. The first-order valence-electron chi connectivity index (χ1n) is 7.27. The average molecular weight is 267 g/mol. The van der Waals surface area contributed by atoms with Crippen LogP contribution in [0.1, 0.15) is 29.7 Å². The molecule has 0 bridgehead atoms. The van der Waals surface area contributed by atoms with Gasteiger partial charge in [-0.1, -0.05) is 42.5 Å². The minimum atomic E-state index is 0.308. The Hall–Kier alpha value is -1.80. The zero-order valence-electron chi connectivity index (χ0n) is 12.1. The summed E-state index contributed by atoms with van der Waals surface area (Å²) >= 11 is 0. The van der Waals surface area contributed by atoms with Crippen molar-refractivity contribution >= 4 is 0 Å². The van der Waals surface area contributed by atoms with Crippen molar-refractivity contribution < 1.29 is 4.74 Å². The number of nitrogens with one attached hydrogen (secondary N) is 1. The van der Waals surface area contributed by atoms with E-state index in [1.165, 1.54) is 16.7 Å². The van der Waals surface area contributed by atoms with Crippen LogP contribution in [-0.4, -0.2) is 13.2 Å². The lowest BCUT2D eigenvalue weighted by molar-refractivity contribution is 0.254. The molecule has 2 heteroatoms. The van der Waals surface area contributed by atoms with Crippen molar-refractivity contribution in [2.75, 3.05) is 7.05 Å². The van der Waals surface area contributed by atoms with E-state index in [9.17, 15) is 0 Å². The maximum absolute atomic E-state index is 5.77. The third kappa shape index (κ3) is 2.70. The molecule has 2 aromatic rings. The van der Waals surface area contributed by atoms with Crippen LogP contribution in [0.25, 0.3) is 0 Å². The van der Waals surface area contributed by atoms with Crippen LogP contribution < -0.4 is 10.1 Å². The van der Waals surface area contributed by atoms with Crippen LogP contribution in [-0.2, 0) is 12.8 Å². The summed E-state index contributed by atoms with van der Waals surface area (Å²) in [4.78, 5) is 0. The van der Waals surface area contributed by atoms with E-state index in [1.807, 2.05) is 7.05 Å². The molecule has 20 heavy (non-hydrogen) atoms. The molecule has 0 amide bonds. The van der Waals surface area contributed by atoms with Gasteiger partial charge in [-0.3, -0.25) is 0 Å². The maximum atomic E-state index is 5.77. The zero-order valence-corrected chi connectivity index (χ0v) is 12.1. The highest BCUT2D eigenvalue weighted by Crippen LogP contribution is 2.31. The van der Waals surface area contributed by atoms with Crippen molar-refractivity contribution in [1.29, 1.82) is 0 Å². The lowest BCUT2D eigenvalue weighted by atomic mass is 9.96. The molecule has 1 aliphatic heterocycles. The first-order valence-corrected chi connectivity index (χ1v) is 7.27. The van der Waals surface area contributed by atoms with Crippen molar-refractivity contribution in [2.24, 2.45) is 0 Å². The van der Waals surface area contributed by atoms with Crippen molar-refractivity contribution in [2.45, 2.75) is 31.9 Å². The lowest BCUT2D eigenvalue weighted by Gasteiger charge is -2.17. The molecule has 1 aliphatic rings. The number of fused-ring (bicyclic) bond motifs is 1. The van der Waals surface area contributed by atoms with Crippen molar-refractivity contribution in [1.82, 2.24) is 5.32 Å². The van der Waals surface area contributed by atoms with Crippen LogP contribution >= 0.6 is 0 Å². The fourth-order valence-corrected chi connectivity index (χ4v) is 2.90. The van der Waals surface area contributed by atoms with Gasteiger partial charge < -0.3 is 10.1 Å². The zero-order chi connectivity index (χ0) is 13.9. The van der Waals surface area contributed by atoms with Gasteiger partial charge in [0.15, 0.2) is 0 Å². The van der Waals surface area contributed by atoms with Crippen LogP contribution in [0, 0.1) is 0 Å². The summed E-state index contributed by atoms with van der Waals surface area (Å²) in [5, 5.41) is 3.43. The van der Waals surface area contributed by atoms with Gasteiger partial charge in [0.2, 0.25) is 0 Å². The molecule has 1 N–H and O–H groups in total. The summed E-state index contributed by atoms with van der Waals surface area (Å²) < 4.78 is 5.77. The van der Waals surface area contributed by atoms with Gasteiger partial charge in [-0.2, -0.15) is 0 Å². The standard InChI is InChI=1S/C18H21NO/c1-13-10-16-12-15(8-9-18(16)20-13)17(19-2)11-14-6-4-3-5-7-14/h3-9,12-13,17,19H,10-11H2,1-2H3. The SMILES string of the molecule is CNC(Cc1ccccc1)c1ccc2c(c1)CC(C)O2. The Morgan fingerprint density at radius 2 is 2.00 bits per heavy atom. The van der Waals surface area contributed by atoms with E-state index in [1.54, 1.807) is 0 Å². The third-order valence-corrected chi connectivity index (χ3v) is 3.95. The second-order valence-electron chi connectivity index (χ2n) is 5.53. The summed E-state index contributed by atoms with van der Waals surface area (Å²) in [5.41, 5.74) is 4.04. The number of hydrogen-bond donors (Lipinski definition) is 1. The number of rotatable bonds is 4. The summed E-state index contributed by atoms with van der Waals surface area (Å²) in [6.45, 7) is 2.12. The third-order valence-electron chi connectivity index (χ3n) is 3.95. The molecule has 0 saturated heterocycles. The molecule has 3 rings (SSSR count). The minimum absolute atomic E-state index is 0.308. The Kier molecular flexibility index (Phi) is 3.75. The second kappa shape index (κ2) is 5.68. The summed E-state index contributed by atoms with van der Waals surface area (Å²) in [5.74, 6) is 1.05. The number of benzene rings is 2. The predicted molar refractivity (Wildman–Crippen MR) is 82.2 cm³/mol. The Bertz CT molecular complexity index is 579. The minimum Gasteiger partial charge on any atom is -0.490 e. The van der Waals surface area contributed by atoms with Crippen LogP contribution in [0.3, 0.4) is 0 Å². The summed E-state index contributed by atoms with van der Waals surface area (Å²) in [6, 6.07) is 17.6. The Morgan fingerprint density at radius 3 is 2.75 bits per heavy atom. The highest BCUT2D eigenvalue weighted by Gasteiger charge is 2.20. The molecule has 2 atom stereocenters. The highest BCUT2D eigenvalue weighted by atomic mass is 16.5. The highest BCUT2D eigenvalue weighted by molar-refractivity contribution is 5.42. The van der Waals surface area contributed by atoms with Gasteiger partial charge in [0.25, 0.3) is 0 Å². The smallest absolute Gasteiger partial charge is 0.123 e. The van der Waals surface area contributed by atoms with E-state index in [0.29, 0.717) is 12.1 Å². The van der Waals surface area contributed by atoms with Gasteiger partial charge in [-0.15, -0.1) is 0 Å². The van der Waals surface area contributed by atoms with Gasteiger partial charge in [0.1, 0.15) is 11.9 Å². The fraction of sp³-hybridized carbons (Fsp3) is 0.333. The van der Waals surface area contributed by atoms with E-state index in [4.69, 9.17) is 4.74 Å². The van der Waals surface area contributed by atoms with Crippen molar-refractivity contribution in [3.8, 4) is 5.75 Å². The monoisotopic (exact) mass is 267 g/mol. The van der Waals surface area contributed by atoms with E-state index in [0.717, 1.165) is 18.6 Å². The predicted octanol–water partition coefficient (Wildman–Crippen LogP) is 3.51. The Labute approximate surface area is 120 Å². The molecule has 0 aromatic heterocycles. The van der Waals surface area contributed by atoms with Crippen molar-refractivity contribution in [3.05, 3.63) is 65.2 Å². The van der Waals surface area contributed by atoms with E-state index >= 15 is 0 Å². The molecule has 1 heterocycles. The van der Waals surface area contributed by atoms with Gasteiger partial charge in [0, 0.05) is 12.5 Å². The first-order chi connectivity index (χ1) is 9.76. The first kappa shape index (κ1) is 13.2. The number of ether oxygens (including phenoxy) is 1. The molecule has 0 spiro atoms. The maximum Gasteiger partial charge on any atom is 0.123 e. The molecule has 2 unspecified atom stereocenters. The molecular formula is C18H21NO. The molecule has 0 saturated carbocycles. The van der Waals surface area contributed by atoms with Crippen molar-refractivity contribution in [3.63, 3.8) is 0 Å². The van der Waals surface area contributed by atoms with E-state index in [-0.39, 0.29) is 0 Å². The largest absolute Gasteiger partial charge is 0.490 e. The molecular weight excluding hydrogens is 246 g/mol. The molecule has 104 valence electrons.